The van der Waals surface area contributed by atoms with Crippen molar-refractivity contribution in [2.24, 2.45) is 17.3 Å². The summed E-state index contributed by atoms with van der Waals surface area (Å²) in [6.45, 7) is 6.42. The number of rotatable bonds is 6. The molecule has 1 aliphatic carbocycles. The van der Waals surface area contributed by atoms with E-state index in [1.54, 1.807) is 0 Å². The first-order valence-electron chi connectivity index (χ1n) is 10.7. The Balaban J connectivity index is 0.00000261. The van der Waals surface area contributed by atoms with Gasteiger partial charge in [0.05, 0.1) is 6.61 Å². The van der Waals surface area contributed by atoms with Gasteiger partial charge in [0.2, 0.25) is 5.91 Å². The van der Waals surface area contributed by atoms with Crippen LogP contribution in [0.15, 0.2) is 0 Å². The van der Waals surface area contributed by atoms with Crippen LogP contribution in [0.2, 0.25) is 0 Å². The molecular weight excluding hydrogens is 364 g/mol. The Hall–Kier alpha value is -0.810. The fourth-order valence-corrected chi connectivity index (χ4v) is 5.13. The number of likely N-dealkylation sites (tertiary alicyclic amines) is 1. The third-order valence-corrected chi connectivity index (χ3v) is 7.03. The molecule has 1 amide bonds. The zero-order valence-electron chi connectivity index (χ0n) is 16.8. The monoisotopic (exact) mass is 400 g/mol. The van der Waals surface area contributed by atoms with Crippen molar-refractivity contribution >= 4 is 24.3 Å². The Labute approximate surface area is 170 Å². The second kappa shape index (κ2) is 10.7. The molecule has 0 radical (unpaired) electrons. The Morgan fingerprint density at radius 1 is 1.07 bits per heavy atom. The SMILES string of the molecule is CCOC(=O)CC1CCC2(CC1)CCN(C(=O)CCC1CCNC1)CC2.Cl. The minimum Gasteiger partial charge on any atom is -0.466 e. The van der Waals surface area contributed by atoms with E-state index in [9.17, 15) is 9.59 Å². The Morgan fingerprint density at radius 2 is 1.78 bits per heavy atom. The first-order chi connectivity index (χ1) is 12.6. The number of amides is 1. The van der Waals surface area contributed by atoms with Gasteiger partial charge in [0.25, 0.3) is 0 Å². The minimum absolute atomic E-state index is 0. The molecule has 0 aromatic rings. The lowest BCUT2D eigenvalue weighted by Crippen LogP contribution is -2.44. The van der Waals surface area contributed by atoms with E-state index >= 15 is 0 Å². The number of halogens is 1. The van der Waals surface area contributed by atoms with Crippen LogP contribution < -0.4 is 5.32 Å². The van der Waals surface area contributed by atoms with E-state index < -0.39 is 0 Å². The number of hydrogen-bond acceptors (Lipinski definition) is 4. The minimum atomic E-state index is -0.0358. The number of nitrogens with zero attached hydrogens (tertiary/aromatic N) is 1. The zero-order valence-corrected chi connectivity index (χ0v) is 17.7. The third kappa shape index (κ3) is 6.35. The van der Waals surface area contributed by atoms with Crippen LogP contribution in [0.1, 0.15) is 71.1 Å². The van der Waals surface area contributed by atoms with Gasteiger partial charge in [-0.3, -0.25) is 9.59 Å². The normalized spacial score (nSPS) is 25.2. The number of ether oxygens (including phenoxy) is 1. The fraction of sp³-hybridized carbons (Fsp3) is 0.905. The van der Waals surface area contributed by atoms with Gasteiger partial charge < -0.3 is 15.0 Å². The zero-order chi connectivity index (χ0) is 18.4. The third-order valence-electron chi connectivity index (χ3n) is 7.03. The van der Waals surface area contributed by atoms with E-state index in [0.29, 0.717) is 36.2 Å². The van der Waals surface area contributed by atoms with Crippen LogP contribution in [0.5, 0.6) is 0 Å². The van der Waals surface area contributed by atoms with Crippen LogP contribution in [0.3, 0.4) is 0 Å². The Bertz CT molecular complexity index is 476. The summed E-state index contributed by atoms with van der Waals surface area (Å²) in [4.78, 5) is 26.3. The lowest BCUT2D eigenvalue weighted by atomic mass is 9.65. The van der Waals surface area contributed by atoms with Crippen LogP contribution in [0.25, 0.3) is 0 Å². The van der Waals surface area contributed by atoms with Crippen molar-refractivity contribution in [3.63, 3.8) is 0 Å². The van der Waals surface area contributed by atoms with Crippen LogP contribution in [0.4, 0.5) is 0 Å². The molecule has 1 saturated carbocycles. The molecule has 1 N–H and O–H groups in total. The van der Waals surface area contributed by atoms with Gasteiger partial charge in [-0.25, -0.2) is 0 Å². The first kappa shape index (κ1) is 22.5. The molecule has 156 valence electrons. The standard InChI is InChI=1S/C21H36N2O3.ClH/c1-2-26-20(25)15-17-5-8-21(9-6-17)10-13-23(14-11-21)19(24)4-3-18-7-12-22-16-18;/h17-18,22H,2-16H2,1H3;1H. The highest BCUT2D eigenvalue weighted by molar-refractivity contribution is 5.85. The van der Waals surface area contributed by atoms with Gasteiger partial charge in [-0.05, 0) is 88.6 Å². The van der Waals surface area contributed by atoms with Crippen molar-refractivity contribution in [2.45, 2.75) is 71.1 Å². The molecule has 3 fully saturated rings. The average Bonchev–Trinajstić information content (AvgIpc) is 3.16. The summed E-state index contributed by atoms with van der Waals surface area (Å²) in [5.41, 5.74) is 0.428. The number of nitrogens with one attached hydrogen (secondary N) is 1. The molecular formula is C21H37ClN2O3. The van der Waals surface area contributed by atoms with Gasteiger partial charge in [0.1, 0.15) is 0 Å². The highest BCUT2D eigenvalue weighted by Gasteiger charge is 2.39. The second-order valence-corrected chi connectivity index (χ2v) is 8.73. The smallest absolute Gasteiger partial charge is 0.306 e. The van der Waals surface area contributed by atoms with Gasteiger partial charge in [-0.15, -0.1) is 12.4 Å². The van der Waals surface area contributed by atoms with Crippen molar-refractivity contribution in [3.05, 3.63) is 0 Å². The van der Waals surface area contributed by atoms with E-state index in [0.717, 1.165) is 64.7 Å². The molecule has 2 heterocycles. The van der Waals surface area contributed by atoms with Gasteiger partial charge in [-0.1, -0.05) is 0 Å². The summed E-state index contributed by atoms with van der Waals surface area (Å²) in [5.74, 6) is 1.53. The molecule has 0 bridgehead atoms. The van der Waals surface area contributed by atoms with Crippen molar-refractivity contribution in [1.82, 2.24) is 10.2 Å². The molecule has 2 aliphatic heterocycles. The van der Waals surface area contributed by atoms with Crippen LogP contribution >= 0.6 is 12.4 Å². The molecule has 3 rings (SSSR count). The fourth-order valence-electron chi connectivity index (χ4n) is 5.13. The summed E-state index contributed by atoms with van der Waals surface area (Å²) in [7, 11) is 0. The largest absolute Gasteiger partial charge is 0.466 e. The lowest BCUT2D eigenvalue weighted by Gasteiger charge is -2.46. The lowest BCUT2D eigenvalue weighted by molar-refractivity contribution is -0.145. The van der Waals surface area contributed by atoms with Crippen molar-refractivity contribution in [2.75, 3.05) is 32.8 Å². The summed E-state index contributed by atoms with van der Waals surface area (Å²) < 4.78 is 5.09. The summed E-state index contributed by atoms with van der Waals surface area (Å²) in [5, 5.41) is 3.38. The quantitative estimate of drug-likeness (QED) is 0.692. The van der Waals surface area contributed by atoms with Crippen molar-refractivity contribution < 1.29 is 14.3 Å². The number of carbonyl (C=O) groups excluding carboxylic acids is 2. The highest BCUT2D eigenvalue weighted by atomic mass is 35.5. The summed E-state index contributed by atoms with van der Waals surface area (Å²) in [6, 6.07) is 0. The van der Waals surface area contributed by atoms with Gasteiger partial charge in [0.15, 0.2) is 0 Å². The maximum Gasteiger partial charge on any atom is 0.306 e. The number of piperidine rings is 1. The molecule has 27 heavy (non-hydrogen) atoms. The topological polar surface area (TPSA) is 58.6 Å². The van der Waals surface area contributed by atoms with Crippen molar-refractivity contribution in [1.29, 1.82) is 0 Å². The van der Waals surface area contributed by atoms with Gasteiger partial charge >= 0.3 is 5.97 Å². The first-order valence-corrected chi connectivity index (χ1v) is 10.7. The van der Waals surface area contributed by atoms with Crippen LogP contribution in [-0.2, 0) is 14.3 Å². The predicted molar refractivity (Wildman–Crippen MR) is 109 cm³/mol. The molecule has 5 nitrogen and oxygen atoms in total. The van der Waals surface area contributed by atoms with E-state index in [2.05, 4.69) is 10.2 Å². The number of esters is 1. The predicted octanol–water partition coefficient (Wildman–Crippen LogP) is 3.55. The maximum atomic E-state index is 12.5. The second-order valence-electron chi connectivity index (χ2n) is 8.73. The number of carbonyl (C=O) groups is 2. The van der Waals surface area contributed by atoms with Crippen LogP contribution in [0, 0.1) is 17.3 Å². The average molecular weight is 401 g/mol. The number of hydrogen-bond donors (Lipinski definition) is 1. The summed E-state index contributed by atoms with van der Waals surface area (Å²) >= 11 is 0. The highest BCUT2D eigenvalue weighted by Crippen LogP contribution is 2.47. The molecule has 1 unspecified atom stereocenters. The van der Waals surface area contributed by atoms with E-state index in [-0.39, 0.29) is 18.4 Å². The molecule has 6 heteroatoms. The Kier molecular flexibility index (Phi) is 8.87. The molecule has 0 aromatic heterocycles. The molecule has 1 spiro atoms. The Morgan fingerprint density at radius 3 is 2.37 bits per heavy atom. The molecule has 0 aromatic carbocycles. The van der Waals surface area contributed by atoms with E-state index in [4.69, 9.17) is 4.74 Å². The van der Waals surface area contributed by atoms with Crippen LogP contribution in [-0.4, -0.2) is 49.6 Å². The van der Waals surface area contributed by atoms with Gasteiger partial charge in [-0.2, -0.15) is 0 Å². The molecule has 1 atom stereocenters. The van der Waals surface area contributed by atoms with E-state index in [1.165, 1.54) is 19.3 Å². The molecule has 2 saturated heterocycles. The van der Waals surface area contributed by atoms with Gasteiger partial charge in [0, 0.05) is 25.9 Å². The summed E-state index contributed by atoms with van der Waals surface area (Å²) in [6.07, 6.45) is 10.6. The van der Waals surface area contributed by atoms with Crippen molar-refractivity contribution in [3.8, 4) is 0 Å². The molecule has 3 aliphatic rings. The maximum absolute atomic E-state index is 12.5. The van der Waals surface area contributed by atoms with E-state index in [1.807, 2.05) is 6.92 Å².